The number of nitrogens with one attached hydrogen (secondary N) is 1. The van der Waals surface area contributed by atoms with Crippen molar-refractivity contribution in [3.05, 3.63) is 35.9 Å². The summed E-state index contributed by atoms with van der Waals surface area (Å²) in [5, 5.41) is 3.56. The van der Waals surface area contributed by atoms with Gasteiger partial charge in [0.15, 0.2) is 0 Å². The minimum atomic E-state index is 0.633. The maximum atomic E-state index is 3.56. The van der Waals surface area contributed by atoms with Crippen LogP contribution in [0.4, 0.5) is 0 Å². The van der Waals surface area contributed by atoms with Crippen molar-refractivity contribution in [1.29, 1.82) is 0 Å². The van der Waals surface area contributed by atoms with Crippen LogP contribution in [0.3, 0.4) is 0 Å². The van der Waals surface area contributed by atoms with E-state index < -0.39 is 0 Å². The number of hydrogen-bond donors (Lipinski definition) is 1. The molecule has 1 aromatic carbocycles. The molecule has 2 nitrogen and oxygen atoms in total. The Morgan fingerprint density at radius 2 is 2.06 bits per heavy atom. The van der Waals surface area contributed by atoms with Crippen LogP contribution < -0.4 is 5.32 Å². The molecule has 2 heteroatoms. The molecule has 100 valence electrons. The predicted octanol–water partition coefficient (Wildman–Crippen LogP) is 2.86. The average molecular weight is 246 g/mol. The first-order chi connectivity index (χ1) is 8.75. The van der Waals surface area contributed by atoms with Crippen molar-refractivity contribution in [2.75, 3.05) is 26.2 Å². The van der Waals surface area contributed by atoms with Crippen LogP contribution >= 0.6 is 0 Å². The molecule has 0 bridgehead atoms. The van der Waals surface area contributed by atoms with Crippen LogP contribution in [-0.4, -0.2) is 37.1 Å². The molecule has 0 aliphatic carbocycles. The van der Waals surface area contributed by atoms with E-state index >= 15 is 0 Å². The molecule has 18 heavy (non-hydrogen) atoms. The summed E-state index contributed by atoms with van der Waals surface area (Å²) in [6.45, 7) is 9.45. The van der Waals surface area contributed by atoms with Gasteiger partial charge in [0.1, 0.15) is 0 Å². The first-order valence-electron chi connectivity index (χ1n) is 7.26. The Balaban J connectivity index is 1.87. The van der Waals surface area contributed by atoms with Gasteiger partial charge < -0.3 is 10.2 Å². The molecule has 1 aliphatic heterocycles. The molecule has 0 saturated carbocycles. The quantitative estimate of drug-likeness (QED) is 0.882. The Kier molecular flexibility index (Phi) is 5.21. The van der Waals surface area contributed by atoms with E-state index in [0.717, 1.165) is 6.54 Å². The third kappa shape index (κ3) is 4.11. The molecular formula is C16H26N2. The monoisotopic (exact) mass is 246 g/mol. The summed E-state index contributed by atoms with van der Waals surface area (Å²) < 4.78 is 0. The molecule has 1 aliphatic rings. The lowest BCUT2D eigenvalue weighted by Crippen LogP contribution is -2.39. The van der Waals surface area contributed by atoms with Gasteiger partial charge in [-0.2, -0.15) is 0 Å². The van der Waals surface area contributed by atoms with Crippen molar-refractivity contribution in [2.45, 2.75) is 38.6 Å². The molecule has 1 heterocycles. The van der Waals surface area contributed by atoms with E-state index in [9.17, 15) is 0 Å². The van der Waals surface area contributed by atoms with Gasteiger partial charge in [-0.05, 0) is 50.9 Å². The van der Waals surface area contributed by atoms with Crippen molar-refractivity contribution >= 4 is 0 Å². The second-order valence-electron chi connectivity index (χ2n) is 5.61. The minimum Gasteiger partial charge on any atom is -0.314 e. The van der Waals surface area contributed by atoms with Gasteiger partial charge in [0.2, 0.25) is 0 Å². The van der Waals surface area contributed by atoms with Gasteiger partial charge in [-0.25, -0.2) is 0 Å². The SMILES string of the molecule is CC1CCN(CC(C)c2ccccc2)CCCN1. The summed E-state index contributed by atoms with van der Waals surface area (Å²) in [4.78, 5) is 2.63. The van der Waals surface area contributed by atoms with E-state index in [0.29, 0.717) is 12.0 Å². The van der Waals surface area contributed by atoms with Crippen molar-refractivity contribution in [3.63, 3.8) is 0 Å². The van der Waals surface area contributed by atoms with E-state index in [1.54, 1.807) is 0 Å². The van der Waals surface area contributed by atoms with Crippen LogP contribution in [0.5, 0.6) is 0 Å². The molecule has 2 unspecified atom stereocenters. The molecule has 0 spiro atoms. The van der Waals surface area contributed by atoms with Crippen molar-refractivity contribution < 1.29 is 0 Å². The first-order valence-corrected chi connectivity index (χ1v) is 7.26. The van der Waals surface area contributed by atoms with Crippen LogP contribution in [0.2, 0.25) is 0 Å². The number of rotatable bonds is 3. The molecule has 2 atom stereocenters. The third-order valence-electron chi connectivity index (χ3n) is 3.92. The molecule has 1 fully saturated rings. The molecule has 1 N–H and O–H groups in total. The van der Waals surface area contributed by atoms with E-state index in [4.69, 9.17) is 0 Å². The fraction of sp³-hybridized carbons (Fsp3) is 0.625. The standard InChI is InChI=1S/C16H26N2/c1-14(16-7-4-3-5-8-16)13-18-11-6-10-17-15(2)9-12-18/h3-5,7-8,14-15,17H,6,9-13H2,1-2H3. The number of nitrogens with zero attached hydrogens (tertiary/aromatic N) is 1. The highest BCUT2D eigenvalue weighted by Gasteiger charge is 2.14. The zero-order chi connectivity index (χ0) is 12.8. The highest BCUT2D eigenvalue weighted by Crippen LogP contribution is 2.17. The Morgan fingerprint density at radius 3 is 2.83 bits per heavy atom. The summed E-state index contributed by atoms with van der Waals surface area (Å²) in [5.41, 5.74) is 1.46. The topological polar surface area (TPSA) is 15.3 Å². The normalized spacial score (nSPS) is 24.2. The molecule has 0 amide bonds. The summed E-state index contributed by atoms with van der Waals surface area (Å²) in [5.74, 6) is 0.633. The lowest BCUT2D eigenvalue weighted by atomic mass is 10.00. The predicted molar refractivity (Wildman–Crippen MR) is 78.0 cm³/mol. The fourth-order valence-electron chi connectivity index (χ4n) is 2.70. The second kappa shape index (κ2) is 6.91. The van der Waals surface area contributed by atoms with Crippen LogP contribution in [0, 0.1) is 0 Å². The van der Waals surface area contributed by atoms with Gasteiger partial charge in [-0.1, -0.05) is 37.3 Å². The van der Waals surface area contributed by atoms with E-state index in [-0.39, 0.29) is 0 Å². The Morgan fingerprint density at radius 1 is 1.28 bits per heavy atom. The van der Waals surface area contributed by atoms with Gasteiger partial charge in [0.05, 0.1) is 0 Å². The number of hydrogen-bond acceptors (Lipinski definition) is 2. The van der Waals surface area contributed by atoms with Gasteiger partial charge in [-0.15, -0.1) is 0 Å². The first kappa shape index (κ1) is 13.6. The largest absolute Gasteiger partial charge is 0.314 e. The molecule has 0 aromatic heterocycles. The van der Waals surface area contributed by atoms with Gasteiger partial charge in [0.25, 0.3) is 0 Å². The minimum absolute atomic E-state index is 0.633. The average Bonchev–Trinajstić information content (AvgIpc) is 2.39. The van der Waals surface area contributed by atoms with Gasteiger partial charge in [0, 0.05) is 12.6 Å². The summed E-state index contributed by atoms with van der Waals surface area (Å²) in [6, 6.07) is 11.5. The maximum Gasteiger partial charge on any atom is 0.00509 e. The second-order valence-corrected chi connectivity index (χ2v) is 5.61. The van der Waals surface area contributed by atoms with Crippen molar-refractivity contribution in [3.8, 4) is 0 Å². The zero-order valence-corrected chi connectivity index (χ0v) is 11.7. The molecule has 2 rings (SSSR count). The van der Waals surface area contributed by atoms with Crippen LogP contribution in [-0.2, 0) is 0 Å². The number of benzene rings is 1. The highest BCUT2D eigenvalue weighted by atomic mass is 15.1. The maximum absolute atomic E-state index is 3.56. The smallest absolute Gasteiger partial charge is 0.00509 e. The zero-order valence-electron chi connectivity index (χ0n) is 11.7. The van der Waals surface area contributed by atoms with Crippen LogP contribution in [0.1, 0.15) is 38.2 Å². The third-order valence-corrected chi connectivity index (χ3v) is 3.92. The highest BCUT2D eigenvalue weighted by molar-refractivity contribution is 5.19. The van der Waals surface area contributed by atoms with Crippen molar-refractivity contribution in [1.82, 2.24) is 10.2 Å². The molecule has 1 saturated heterocycles. The van der Waals surface area contributed by atoms with Gasteiger partial charge in [-0.3, -0.25) is 0 Å². The lowest BCUT2D eigenvalue weighted by Gasteiger charge is -2.30. The Bertz CT molecular complexity index is 336. The lowest BCUT2D eigenvalue weighted by molar-refractivity contribution is 0.227. The van der Waals surface area contributed by atoms with E-state index in [1.165, 1.54) is 38.0 Å². The van der Waals surface area contributed by atoms with E-state index in [1.807, 2.05) is 0 Å². The molecule has 1 aromatic rings. The fourth-order valence-corrected chi connectivity index (χ4v) is 2.70. The summed E-state index contributed by atoms with van der Waals surface area (Å²) >= 11 is 0. The molecular weight excluding hydrogens is 220 g/mol. The van der Waals surface area contributed by atoms with Gasteiger partial charge >= 0.3 is 0 Å². The summed E-state index contributed by atoms with van der Waals surface area (Å²) in [7, 11) is 0. The summed E-state index contributed by atoms with van der Waals surface area (Å²) in [6.07, 6.45) is 2.54. The van der Waals surface area contributed by atoms with E-state index in [2.05, 4.69) is 54.4 Å². The van der Waals surface area contributed by atoms with Crippen LogP contribution in [0.25, 0.3) is 0 Å². The molecule has 0 radical (unpaired) electrons. The Hall–Kier alpha value is -0.860. The van der Waals surface area contributed by atoms with Crippen LogP contribution in [0.15, 0.2) is 30.3 Å². The Labute approximate surface area is 111 Å². The van der Waals surface area contributed by atoms with Crippen molar-refractivity contribution in [2.24, 2.45) is 0 Å².